The van der Waals surface area contributed by atoms with Crippen LogP contribution in [-0.2, 0) is 0 Å². The van der Waals surface area contributed by atoms with E-state index in [0.717, 1.165) is 34.0 Å². The van der Waals surface area contributed by atoms with Gasteiger partial charge in [0.25, 0.3) is 5.91 Å². The summed E-state index contributed by atoms with van der Waals surface area (Å²) in [6, 6.07) is 11.3. The van der Waals surface area contributed by atoms with Crippen molar-refractivity contribution in [3.63, 3.8) is 0 Å². The summed E-state index contributed by atoms with van der Waals surface area (Å²) >= 11 is 1.60. The number of rotatable bonds is 6. The molecule has 0 radical (unpaired) electrons. The van der Waals surface area contributed by atoms with Gasteiger partial charge >= 0.3 is 0 Å². The predicted molar refractivity (Wildman–Crippen MR) is 96.8 cm³/mol. The van der Waals surface area contributed by atoms with Crippen LogP contribution in [0.25, 0.3) is 10.6 Å². The van der Waals surface area contributed by atoms with Crippen LogP contribution < -0.4 is 10.1 Å². The highest BCUT2D eigenvalue weighted by molar-refractivity contribution is 7.13. The Bertz CT molecular complexity index is 825. The molecule has 2 N–H and O–H groups in total. The van der Waals surface area contributed by atoms with E-state index in [1.54, 1.807) is 17.4 Å². The average molecular weight is 341 g/mol. The third-order valence-corrected chi connectivity index (χ3v) is 4.42. The Hall–Kier alpha value is -2.60. The summed E-state index contributed by atoms with van der Waals surface area (Å²) in [7, 11) is 0. The quantitative estimate of drug-likeness (QED) is 0.694. The molecule has 0 aliphatic heterocycles. The molecule has 5 nitrogen and oxygen atoms in total. The van der Waals surface area contributed by atoms with Crippen molar-refractivity contribution in [3.8, 4) is 16.3 Å². The topological polar surface area (TPSA) is 67.0 Å². The standard InChI is InChI=1S/C18H19N3O2S/c1-3-8-23-13-6-7-14(12(2)10-13)19-18(22)16-11-15(20-21-16)17-5-4-9-24-17/h4-7,9-11H,3,8H2,1-2H3,(H,19,22)(H,20,21). The number of aryl methyl sites for hydroxylation is 1. The molecule has 0 fully saturated rings. The fourth-order valence-electron chi connectivity index (χ4n) is 2.27. The van der Waals surface area contributed by atoms with Crippen LogP contribution in [0.3, 0.4) is 0 Å². The molecule has 0 spiro atoms. The molecule has 1 amide bonds. The van der Waals surface area contributed by atoms with Crippen molar-refractivity contribution in [1.82, 2.24) is 10.2 Å². The number of nitrogens with zero attached hydrogens (tertiary/aromatic N) is 1. The number of aromatic nitrogens is 2. The maximum absolute atomic E-state index is 12.4. The number of hydrogen-bond donors (Lipinski definition) is 2. The number of amides is 1. The van der Waals surface area contributed by atoms with Crippen LogP contribution in [0.2, 0.25) is 0 Å². The van der Waals surface area contributed by atoms with Gasteiger partial charge in [0.15, 0.2) is 5.69 Å². The highest BCUT2D eigenvalue weighted by atomic mass is 32.1. The average Bonchev–Trinajstić information content (AvgIpc) is 3.26. The minimum Gasteiger partial charge on any atom is -0.494 e. The largest absolute Gasteiger partial charge is 0.494 e. The van der Waals surface area contributed by atoms with Crippen LogP contribution in [0.15, 0.2) is 41.8 Å². The van der Waals surface area contributed by atoms with Gasteiger partial charge in [0.1, 0.15) is 5.75 Å². The van der Waals surface area contributed by atoms with E-state index in [9.17, 15) is 4.79 Å². The second-order valence-electron chi connectivity index (χ2n) is 5.42. The first-order valence-corrected chi connectivity index (χ1v) is 8.69. The van der Waals surface area contributed by atoms with Crippen LogP contribution in [0.1, 0.15) is 29.4 Å². The second kappa shape index (κ2) is 7.31. The van der Waals surface area contributed by atoms with Gasteiger partial charge < -0.3 is 10.1 Å². The smallest absolute Gasteiger partial charge is 0.276 e. The number of thiophene rings is 1. The number of nitrogens with one attached hydrogen (secondary N) is 2. The molecule has 3 rings (SSSR count). The SMILES string of the molecule is CCCOc1ccc(NC(=O)c2cc(-c3cccs3)[nH]n2)c(C)c1. The Kier molecular flexibility index (Phi) is 4.96. The summed E-state index contributed by atoms with van der Waals surface area (Å²) in [6.45, 7) is 4.69. The number of anilines is 1. The summed E-state index contributed by atoms with van der Waals surface area (Å²) in [4.78, 5) is 13.4. The Morgan fingerprint density at radius 1 is 1.33 bits per heavy atom. The lowest BCUT2D eigenvalue weighted by Crippen LogP contribution is -2.13. The normalized spacial score (nSPS) is 10.6. The van der Waals surface area contributed by atoms with Crippen molar-refractivity contribution in [3.05, 3.63) is 53.0 Å². The number of aromatic amines is 1. The van der Waals surface area contributed by atoms with Gasteiger partial charge in [-0.3, -0.25) is 9.89 Å². The molecular formula is C18H19N3O2S. The number of hydrogen-bond acceptors (Lipinski definition) is 4. The van der Waals surface area contributed by atoms with E-state index in [0.29, 0.717) is 12.3 Å². The van der Waals surface area contributed by atoms with E-state index < -0.39 is 0 Å². The predicted octanol–water partition coefficient (Wildman–Crippen LogP) is 4.49. The van der Waals surface area contributed by atoms with Gasteiger partial charge in [-0.2, -0.15) is 5.10 Å². The van der Waals surface area contributed by atoms with Crippen molar-refractivity contribution in [1.29, 1.82) is 0 Å². The number of carbonyl (C=O) groups is 1. The number of carbonyl (C=O) groups excluding carboxylic acids is 1. The zero-order valence-electron chi connectivity index (χ0n) is 13.6. The van der Waals surface area contributed by atoms with Gasteiger partial charge in [-0.15, -0.1) is 11.3 Å². The molecule has 0 bridgehead atoms. The monoisotopic (exact) mass is 341 g/mol. The summed E-state index contributed by atoms with van der Waals surface area (Å²) in [5.74, 6) is 0.575. The third-order valence-electron chi connectivity index (χ3n) is 3.52. The van der Waals surface area contributed by atoms with E-state index in [-0.39, 0.29) is 5.91 Å². The van der Waals surface area contributed by atoms with E-state index >= 15 is 0 Å². The molecule has 0 saturated carbocycles. The molecule has 0 aliphatic rings. The fraction of sp³-hybridized carbons (Fsp3) is 0.222. The van der Waals surface area contributed by atoms with E-state index in [1.165, 1.54) is 0 Å². The molecule has 3 aromatic rings. The van der Waals surface area contributed by atoms with Crippen molar-refractivity contribution in [2.24, 2.45) is 0 Å². The Labute approximate surface area is 144 Å². The van der Waals surface area contributed by atoms with Gasteiger partial charge in [0, 0.05) is 5.69 Å². The molecule has 6 heteroatoms. The van der Waals surface area contributed by atoms with E-state index in [4.69, 9.17) is 4.74 Å². The lowest BCUT2D eigenvalue weighted by Gasteiger charge is -2.10. The van der Waals surface area contributed by atoms with Gasteiger partial charge in [0.05, 0.1) is 17.2 Å². The van der Waals surface area contributed by atoms with Gasteiger partial charge in [-0.05, 0) is 54.6 Å². The summed E-state index contributed by atoms with van der Waals surface area (Å²) in [5.41, 5.74) is 2.91. The molecule has 0 atom stereocenters. The van der Waals surface area contributed by atoms with Crippen molar-refractivity contribution < 1.29 is 9.53 Å². The molecule has 2 heterocycles. The Morgan fingerprint density at radius 2 is 2.21 bits per heavy atom. The van der Waals surface area contributed by atoms with Crippen LogP contribution in [0.5, 0.6) is 5.75 Å². The van der Waals surface area contributed by atoms with E-state index in [2.05, 4.69) is 22.4 Å². The van der Waals surface area contributed by atoms with Crippen molar-refractivity contribution in [2.45, 2.75) is 20.3 Å². The molecule has 0 unspecified atom stereocenters. The van der Waals surface area contributed by atoms with Crippen LogP contribution >= 0.6 is 11.3 Å². The van der Waals surface area contributed by atoms with Gasteiger partial charge in [-0.25, -0.2) is 0 Å². The Balaban J connectivity index is 1.71. The first-order valence-electron chi connectivity index (χ1n) is 7.81. The number of ether oxygens (including phenoxy) is 1. The van der Waals surface area contributed by atoms with Gasteiger partial charge in [0.2, 0.25) is 0 Å². The minimum atomic E-state index is -0.237. The lowest BCUT2D eigenvalue weighted by molar-refractivity contribution is 0.102. The molecule has 24 heavy (non-hydrogen) atoms. The molecule has 124 valence electrons. The van der Waals surface area contributed by atoms with Gasteiger partial charge in [-0.1, -0.05) is 13.0 Å². The van der Waals surface area contributed by atoms with Crippen LogP contribution in [-0.4, -0.2) is 22.7 Å². The second-order valence-corrected chi connectivity index (χ2v) is 6.37. The minimum absolute atomic E-state index is 0.237. The molecule has 1 aromatic carbocycles. The lowest BCUT2D eigenvalue weighted by atomic mass is 10.2. The number of H-pyrrole nitrogens is 1. The van der Waals surface area contributed by atoms with Crippen molar-refractivity contribution in [2.75, 3.05) is 11.9 Å². The fourth-order valence-corrected chi connectivity index (χ4v) is 2.96. The zero-order chi connectivity index (χ0) is 16.9. The summed E-state index contributed by atoms with van der Waals surface area (Å²) in [5, 5.41) is 11.9. The summed E-state index contributed by atoms with van der Waals surface area (Å²) < 4.78 is 5.60. The number of benzene rings is 1. The first-order chi connectivity index (χ1) is 11.7. The zero-order valence-corrected chi connectivity index (χ0v) is 14.4. The maximum atomic E-state index is 12.4. The Morgan fingerprint density at radius 3 is 2.92 bits per heavy atom. The molecule has 2 aromatic heterocycles. The summed E-state index contributed by atoms with van der Waals surface area (Å²) in [6.07, 6.45) is 0.962. The van der Waals surface area contributed by atoms with Crippen LogP contribution in [0, 0.1) is 6.92 Å². The molecule has 0 saturated heterocycles. The molecular weight excluding hydrogens is 322 g/mol. The maximum Gasteiger partial charge on any atom is 0.276 e. The highest BCUT2D eigenvalue weighted by Crippen LogP contribution is 2.24. The van der Waals surface area contributed by atoms with Crippen LogP contribution in [0.4, 0.5) is 5.69 Å². The van der Waals surface area contributed by atoms with Crippen molar-refractivity contribution >= 4 is 22.9 Å². The third kappa shape index (κ3) is 3.65. The highest BCUT2D eigenvalue weighted by Gasteiger charge is 2.13. The first kappa shape index (κ1) is 16.3. The van der Waals surface area contributed by atoms with E-state index in [1.807, 2.05) is 42.6 Å². The molecule has 0 aliphatic carbocycles.